The highest BCUT2D eigenvalue weighted by Crippen LogP contribution is 2.45. The van der Waals surface area contributed by atoms with Crippen LogP contribution in [0.3, 0.4) is 0 Å². The number of hydrogen-bond donors (Lipinski definition) is 1. The normalized spacial score (nSPS) is 31.6. The van der Waals surface area contributed by atoms with Gasteiger partial charge in [-0.15, -0.1) is 0 Å². The second-order valence-corrected chi connectivity index (χ2v) is 3.91. The molecule has 1 saturated carbocycles. The molecule has 0 radical (unpaired) electrons. The second-order valence-electron chi connectivity index (χ2n) is 3.91. The average Bonchev–Trinajstić information content (AvgIpc) is 2.52. The summed E-state index contributed by atoms with van der Waals surface area (Å²) < 4.78 is 4.74. The Morgan fingerprint density at radius 2 is 2.17 bits per heavy atom. The molecule has 1 unspecified atom stereocenters. The van der Waals surface area contributed by atoms with Crippen molar-refractivity contribution in [2.45, 2.75) is 31.7 Å². The summed E-state index contributed by atoms with van der Waals surface area (Å²) >= 11 is 0. The standard InChI is InChI=1S/C9H15NO2/c1-12-8(11)7-9(6-10-7)4-2-3-5-9/h7,10H,2-6H2,1H3. The monoisotopic (exact) mass is 169 g/mol. The zero-order valence-corrected chi connectivity index (χ0v) is 7.43. The minimum Gasteiger partial charge on any atom is -0.468 e. The van der Waals surface area contributed by atoms with E-state index in [1.54, 1.807) is 0 Å². The van der Waals surface area contributed by atoms with Gasteiger partial charge in [0.1, 0.15) is 6.04 Å². The Morgan fingerprint density at radius 3 is 2.58 bits per heavy atom. The van der Waals surface area contributed by atoms with Gasteiger partial charge in [0, 0.05) is 12.0 Å². The van der Waals surface area contributed by atoms with Crippen molar-refractivity contribution in [1.82, 2.24) is 5.32 Å². The Bertz CT molecular complexity index is 197. The average molecular weight is 169 g/mol. The molecule has 2 rings (SSSR count). The molecule has 3 nitrogen and oxygen atoms in total. The number of esters is 1. The first-order valence-electron chi connectivity index (χ1n) is 4.60. The van der Waals surface area contributed by atoms with Crippen molar-refractivity contribution >= 4 is 5.97 Å². The lowest BCUT2D eigenvalue weighted by Crippen LogP contribution is -2.65. The number of hydrogen-bond acceptors (Lipinski definition) is 3. The number of ether oxygens (including phenoxy) is 1. The first kappa shape index (κ1) is 8.05. The third-order valence-corrected chi connectivity index (χ3v) is 3.31. The fraction of sp³-hybridized carbons (Fsp3) is 0.889. The van der Waals surface area contributed by atoms with Crippen molar-refractivity contribution in [2.24, 2.45) is 5.41 Å². The highest BCUT2D eigenvalue weighted by molar-refractivity contribution is 5.78. The molecule has 1 aliphatic heterocycles. The summed E-state index contributed by atoms with van der Waals surface area (Å²) in [6.07, 6.45) is 4.93. The summed E-state index contributed by atoms with van der Waals surface area (Å²) in [6, 6.07) is -0.00926. The lowest BCUT2D eigenvalue weighted by atomic mass is 9.72. The van der Waals surface area contributed by atoms with E-state index in [1.807, 2.05) is 0 Å². The van der Waals surface area contributed by atoms with Crippen molar-refractivity contribution < 1.29 is 9.53 Å². The number of rotatable bonds is 1. The minimum atomic E-state index is -0.0804. The molecule has 1 N–H and O–H groups in total. The van der Waals surface area contributed by atoms with Gasteiger partial charge in [-0.1, -0.05) is 12.8 Å². The fourth-order valence-corrected chi connectivity index (χ4v) is 2.49. The smallest absolute Gasteiger partial charge is 0.323 e. The maximum atomic E-state index is 11.3. The Labute approximate surface area is 72.5 Å². The van der Waals surface area contributed by atoms with Crippen LogP contribution in [-0.4, -0.2) is 25.7 Å². The predicted octanol–water partition coefficient (Wildman–Crippen LogP) is 0.692. The second kappa shape index (κ2) is 2.73. The van der Waals surface area contributed by atoms with Crippen molar-refractivity contribution in [3.8, 4) is 0 Å². The summed E-state index contributed by atoms with van der Waals surface area (Å²) in [5.41, 5.74) is 0.271. The molecular weight excluding hydrogens is 154 g/mol. The van der Waals surface area contributed by atoms with E-state index in [-0.39, 0.29) is 17.4 Å². The van der Waals surface area contributed by atoms with Gasteiger partial charge in [-0.3, -0.25) is 4.79 Å². The van der Waals surface area contributed by atoms with Crippen LogP contribution in [0, 0.1) is 5.41 Å². The number of methoxy groups -OCH3 is 1. The molecule has 0 bridgehead atoms. The number of carbonyl (C=O) groups is 1. The van der Waals surface area contributed by atoms with E-state index in [1.165, 1.54) is 32.8 Å². The third-order valence-electron chi connectivity index (χ3n) is 3.31. The zero-order valence-electron chi connectivity index (χ0n) is 7.43. The molecule has 1 spiro atoms. The molecular formula is C9H15NO2. The van der Waals surface area contributed by atoms with Gasteiger partial charge in [-0.2, -0.15) is 0 Å². The topological polar surface area (TPSA) is 38.3 Å². The fourth-order valence-electron chi connectivity index (χ4n) is 2.49. The summed E-state index contributed by atoms with van der Waals surface area (Å²) in [5.74, 6) is -0.0804. The molecule has 0 aromatic carbocycles. The molecule has 1 aliphatic carbocycles. The lowest BCUT2D eigenvalue weighted by molar-refractivity contribution is -0.151. The molecule has 3 heteroatoms. The SMILES string of the molecule is COC(=O)C1NCC12CCCC2. The summed E-state index contributed by atoms with van der Waals surface area (Å²) in [5, 5.41) is 3.15. The van der Waals surface area contributed by atoms with E-state index >= 15 is 0 Å². The molecule has 0 amide bonds. The van der Waals surface area contributed by atoms with Crippen LogP contribution in [0.4, 0.5) is 0 Å². The van der Waals surface area contributed by atoms with Crippen LogP contribution in [0.1, 0.15) is 25.7 Å². The molecule has 68 valence electrons. The molecule has 1 heterocycles. The van der Waals surface area contributed by atoms with Crippen LogP contribution < -0.4 is 5.32 Å². The number of nitrogens with one attached hydrogen (secondary N) is 1. The molecule has 2 fully saturated rings. The van der Waals surface area contributed by atoms with Crippen molar-refractivity contribution in [2.75, 3.05) is 13.7 Å². The summed E-state index contributed by atoms with van der Waals surface area (Å²) in [6.45, 7) is 1.01. The van der Waals surface area contributed by atoms with Gasteiger partial charge < -0.3 is 10.1 Å². The van der Waals surface area contributed by atoms with E-state index in [2.05, 4.69) is 5.32 Å². The molecule has 12 heavy (non-hydrogen) atoms. The van der Waals surface area contributed by atoms with E-state index in [9.17, 15) is 4.79 Å². The lowest BCUT2D eigenvalue weighted by Gasteiger charge is -2.46. The van der Waals surface area contributed by atoms with Crippen molar-refractivity contribution in [3.63, 3.8) is 0 Å². The van der Waals surface area contributed by atoms with E-state index in [0.29, 0.717) is 0 Å². The largest absolute Gasteiger partial charge is 0.468 e. The Kier molecular flexibility index (Phi) is 1.83. The van der Waals surface area contributed by atoms with E-state index in [4.69, 9.17) is 4.74 Å². The predicted molar refractivity (Wildman–Crippen MR) is 44.7 cm³/mol. The van der Waals surface area contributed by atoms with E-state index in [0.717, 1.165) is 6.54 Å². The van der Waals surface area contributed by atoms with Gasteiger partial charge in [-0.25, -0.2) is 0 Å². The summed E-state index contributed by atoms with van der Waals surface area (Å²) in [4.78, 5) is 11.3. The summed E-state index contributed by atoms with van der Waals surface area (Å²) in [7, 11) is 1.46. The molecule has 0 aromatic rings. The van der Waals surface area contributed by atoms with Crippen LogP contribution in [-0.2, 0) is 9.53 Å². The number of carbonyl (C=O) groups excluding carboxylic acids is 1. The van der Waals surface area contributed by atoms with Crippen LogP contribution in [0.5, 0.6) is 0 Å². The van der Waals surface area contributed by atoms with Gasteiger partial charge in [0.05, 0.1) is 7.11 Å². The highest BCUT2D eigenvalue weighted by Gasteiger charge is 2.52. The van der Waals surface area contributed by atoms with Crippen LogP contribution >= 0.6 is 0 Å². The van der Waals surface area contributed by atoms with Crippen LogP contribution in [0.15, 0.2) is 0 Å². The van der Waals surface area contributed by atoms with Crippen molar-refractivity contribution in [3.05, 3.63) is 0 Å². The maximum Gasteiger partial charge on any atom is 0.323 e. The molecule has 2 aliphatic rings. The Balaban J connectivity index is 2.04. The van der Waals surface area contributed by atoms with Gasteiger partial charge in [0.2, 0.25) is 0 Å². The Hall–Kier alpha value is -0.570. The van der Waals surface area contributed by atoms with Crippen LogP contribution in [0.2, 0.25) is 0 Å². The quantitative estimate of drug-likeness (QED) is 0.587. The van der Waals surface area contributed by atoms with Crippen molar-refractivity contribution in [1.29, 1.82) is 0 Å². The van der Waals surface area contributed by atoms with E-state index < -0.39 is 0 Å². The maximum absolute atomic E-state index is 11.3. The first-order valence-corrected chi connectivity index (χ1v) is 4.60. The third kappa shape index (κ3) is 0.959. The van der Waals surface area contributed by atoms with Gasteiger partial charge in [-0.05, 0) is 12.8 Å². The molecule has 0 aromatic heterocycles. The Morgan fingerprint density at radius 1 is 1.50 bits per heavy atom. The van der Waals surface area contributed by atoms with Gasteiger partial charge in [0.25, 0.3) is 0 Å². The van der Waals surface area contributed by atoms with Gasteiger partial charge >= 0.3 is 5.97 Å². The minimum absolute atomic E-state index is 0.00926. The highest BCUT2D eigenvalue weighted by atomic mass is 16.5. The molecule has 1 atom stereocenters. The molecule has 1 saturated heterocycles. The zero-order chi connectivity index (χ0) is 8.60. The van der Waals surface area contributed by atoms with Gasteiger partial charge in [0.15, 0.2) is 0 Å². The first-order chi connectivity index (χ1) is 5.78. The van der Waals surface area contributed by atoms with Crippen LogP contribution in [0.25, 0.3) is 0 Å².